The predicted octanol–water partition coefficient (Wildman–Crippen LogP) is 2.56. The molecule has 44 heteroatoms. The van der Waals surface area contributed by atoms with Crippen LogP contribution in [0, 0.1) is 11.8 Å². The van der Waals surface area contributed by atoms with Gasteiger partial charge in [0, 0.05) is 122 Å². The molecule has 1 aliphatic rings. The van der Waals surface area contributed by atoms with Crippen LogP contribution < -0.4 is 63.8 Å². The number of H-pyrrole nitrogens is 3. The highest BCUT2D eigenvalue weighted by Crippen LogP contribution is 2.31. The van der Waals surface area contributed by atoms with E-state index in [-0.39, 0.29) is 62.8 Å². The first-order valence-electron chi connectivity index (χ1n) is 44.2. The summed E-state index contributed by atoms with van der Waals surface area (Å²) in [4.78, 5) is 233. The Balaban J connectivity index is 0.945. The highest BCUT2D eigenvalue weighted by molar-refractivity contribution is 7.90. The Labute approximate surface area is 789 Å². The van der Waals surface area contributed by atoms with Gasteiger partial charge in [-0.15, -0.1) is 11.3 Å². The second kappa shape index (κ2) is 47.4. The highest BCUT2D eigenvalue weighted by atomic mass is 32.2. The van der Waals surface area contributed by atoms with Crippen LogP contribution in [0.4, 0.5) is 18.0 Å². The van der Waals surface area contributed by atoms with Crippen LogP contribution in [-0.4, -0.2) is 264 Å². The summed E-state index contributed by atoms with van der Waals surface area (Å²) in [5, 5.41) is 74.2. The van der Waals surface area contributed by atoms with Gasteiger partial charge < -0.3 is 104 Å². The van der Waals surface area contributed by atoms with E-state index in [4.69, 9.17) is 0 Å². The zero-order chi connectivity index (χ0) is 100. The number of carboxylic acids is 1. The molecule has 0 saturated carbocycles. The summed E-state index contributed by atoms with van der Waals surface area (Å²) in [5.74, 6) is -17.3. The Morgan fingerprint density at radius 3 is 1.47 bits per heavy atom. The summed E-state index contributed by atoms with van der Waals surface area (Å²) in [6.45, 7) is 8.95. The highest BCUT2D eigenvalue weighted by Gasteiger charge is 2.44. The molecular formula is C93H113F3N18O21S2. The van der Waals surface area contributed by atoms with Crippen molar-refractivity contribution in [1.82, 2.24) is 93.5 Å². The number of phenols is 1. The number of nitrogens with zero attached hydrogens (tertiary/aromatic N) is 3. The maximum Gasteiger partial charge on any atom is 0.416 e. The molecule has 1 saturated heterocycles. The number of aromatic amines is 3. The third-order valence-electron chi connectivity index (χ3n) is 23.7. The fourth-order valence-corrected chi connectivity index (χ4v) is 17.2. The lowest BCUT2D eigenvalue weighted by atomic mass is 9.96. The van der Waals surface area contributed by atoms with Crippen LogP contribution in [-0.2, 0) is 122 Å². The number of para-hydroxylation sites is 3. The van der Waals surface area contributed by atoms with Crippen LogP contribution >= 0.6 is 11.3 Å². The van der Waals surface area contributed by atoms with Gasteiger partial charge in [0.15, 0.2) is 0 Å². The molecule has 0 spiro atoms. The summed E-state index contributed by atoms with van der Waals surface area (Å²) in [5.41, 5.74) is 3.92. The average Bonchev–Trinajstić information content (AvgIpc) is 1.71. The number of nitrogens with one attached hydrogen (secondary N) is 15. The molecular weight excluding hydrogens is 1830 g/mol. The van der Waals surface area contributed by atoms with Gasteiger partial charge in [0.05, 0.1) is 35.2 Å². The van der Waals surface area contributed by atoms with Crippen LogP contribution in [0.1, 0.15) is 113 Å². The summed E-state index contributed by atoms with van der Waals surface area (Å²) < 4.78 is 69.0. The molecule has 15 atom stereocenters. The SMILES string of the molecule is CC[C@H](C)[C@H](NC(=O)[C@H](NC(=O)[C@H](C)NC(C)=O)[C@@H](C)O)C(=O)N1CCC[C@H]1C(=O)N[C@H](Cc1ccc(O)cc1)C(=O)N[C@H](Cc1c[nH]c2ccccc12)C(=O)N[C@H](Cc1c[nH]c2ccccc12)C(=O)N[C@@H](Cc1ccc(C(F)(F)F)cc1)C(=O)N[C@@H](CCS(C)(=O)=O)C(=O)N[C@H](C(=O)NC(=O)N[C@@H](Cc1c[nH]c2ccccc12)C(=O)N(C)[C@@H](Cc1cscn1)C(=O)N[C@@H](CO)C(=O)O)C(C)C. The second-order valence-corrected chi connectivity index (χ2v) is 37.4. The number of carbonyl (C=O) groups is 15. The Bertz CT molecular complexity index is 5970. The zero-order valence-electron chi connectivity index (χ0n) is 76.4. The third kappa shape index (κ3) is 28.7. The summed E-state index contributed by atoms with van der Waals surface area (Å²) in [7, 11) is -2.88. The van der Waals surface area contributed by atoms with Gasteiger partial charge in [0.25, 0.3) is 5.91 Å². The van der Waals surface area contributed by atoms with Crippen LogP contribution in [0.15, 0.2) is 151 Å². The van der Waals surface area contributed by atoms with Crippen LogP contribution in [0.3, 0.4) is 0 Å². The molecule has 0 aliphatic carbocycles. The Hall–Kier alpha value is -14.1. The van der Waals surface area contributed by atoms with Gasteiger partial charge in [-0.3, -0.25) is 67.6 Å². The monoisotopic (exact) mass is 1940 g/mol. The number of fused-ring (bicyclic) bond motifs is 3. The lowest BCUT2D eigenvalue weighted by Crippen LogP contribution is -2.62. The maximum absolute atomic E-state index is 15.9. The molecule has 5 aromatic carbocycles. The molecule has 15 amide bonds. The normalized spacial score (nSPS) is 15.8. The van der Waals surface area contributed by atoms with Crippen molar-refractivity contribution in [3.05, 3.63) is 190 Å². The van der Waals surface area contributed by atoms with Gasteiger partial charge in [-0.2, -0.15) is 13.2 Å². The van der Waals surface area contributed by atoms with Crippen molar-refractivity contribution in [3.63, 3.8) is 0 Å². The van der Waals surface area contributed by atoms with Crippen molar-refractivity contribution in [2.45, 2.75) is 203 Å². The number of rotatable bonds is 45. The van der Waals surface area contributed by atoms with Crippen molar-refractivity contribution in [2.24, 2.45) is 11.8 Å². The van der Waals surface area contributed by atoms with E-state index in [1.165, 1.54) is 82.5 Å². The number of hydrogen-bond acceptors (Lipinski definition) is 22. The van der Waals surface area contributed by atoms with Crippen LogP contribution in [0.25, 0.3) is 32.7 Å². The van der Waals surface area contributed by atoms with Gasteiger partial charge in [0.2, 0.25) is 70.9 Å². The molecule has 19 N–H and O–H groups in total. The minimum Gasteiger partial charge on any atom is -0.508 e. The van der Waals surface area contributed by atoms with Gasteiger partial charge in [0.1, 0.15) is 94.1 Å². The number of alkyl halides is 3. The van der Waals surface area contributed by atoms with Gasteiger partial charge >= 0.3 is 18.2 Å². The number of thiazole rings is 1. The van der Waals surface area contributed by atoms with Crippen molar-refractivity contribution < 1.29 is 114 Å². The number of imide groups is 1. The van der Waals surface area contributed by atoms with E-state index in [1.54, 1.807) is 104 Å². The lowest BCUT2D eigenvalue weighted by Gasteiger charge is -2.33. The van der Waals surface area contributed by atoms with Crippen LogP contribution in [0.2, 0.25) is 0 Å². The van der Waals surface area contributed by atoms with E-state index < -0.39 is 238 Å². The molecule has 10 rings (SSSR count). The number of halogens is 3. The number of aliphatic hydroxyl groups excluding tert-OH is 2. The number of hydrogen-bond donors (Lipinski definition) is 19. The van der Waals surface area contributed by atoms with Gasteiger partial charge in [-0.25, -0.2) is 23.0 Å². The number of amides is 15. The first kappa shape index (κ1) is 105. The van der Waals surface area contributed by atoms with Gasteiger partial charge in [-0.1, -0.05) is 113 Å². The van der Waals surface area contributed by atoms with E-state index in [0.29, 0.717) is 72.8 Å². The molecule has 137 heavy (non-hydrogen) atoms. The molecule has 4 aromatic heterocycles. The fraction of sp³-hybridized carbons (Fsp3) is 0.419. The Morgan fingerprint density at radius 1 is 0.547 bits per heavy atom. The molecule has 1 aliphatic heterocycles. The molecule has 39 nitrogen and oxygen atoms in total. The number of aromatic nitrogens is 4. The van der Waals surface area contributed by atoms with Crippen molar-refractivity contribution >= 4 is 143 Å². The summed E-state index contributed by atoms with van der Waals surface area (Å²) >= 11 is 1.15. The summed E-state index contributed by atoms with van der Waals surface area (Å²) in [6, 6.07) is 6.72. The number of carbonyl (C=O) groups excluding carboxylic acids is 14. The molecule has 734 valence electrons. The number of benzene rings is 5. The predicted molar refractivity (Wildman–Crippen MR) is 496 cm³/mol. The van der Waals surface area contributed by atoms with Gasteiger partial charge in [-0.05, 0) is 115 Å². The largest absolute Gasteiger partial charge is 0.508 e. The zero-order valence-corrected chi connectivity index (χ0v) is 78.0. The number of aromatic hydroxyl groups is 1. The number of urea groups is 1. The maximum atomic E-state index is 15.9. The molecule has 0 bridgehead atoms. The number of phenolic OH excluding ortho intramolecular Hbond substituents is 1. The number of aliphatic carboxylic acids is 1. The topological polar surface area (TPSA) is 582 Å². The van der Waals surface area contributed by atoms with E-state index >= 15 is 28.8 Å². The minimum atomic E-state index is -4.88. The van der Waals surface area contributed by atoms with E-state index in [2.05, 4.69) is 83.7 Å². The molecule has 5 heterocycles. The van der Waals surface area contributed by atoms with E-state index in [9.17, 15) is 85.2 Å². The Morgan fingerprint density at radius 2 is 1.01 bits per heavy atom. The van der Waals surface area contributed by atoms with Crippen molar-refractivity contribution in [3.8, 4) is 5.75 Å². The number of sulfone groups is 1. The van der Waals surface area contributed by atoms with Crippen LogP contribution in [0.5, 0.6) is 5.75 Å². The first-order chi connectivity index (χ1) is 64.9. The molecule has 9 aromatic rings. The van der Waals surface area contributed by atoms with E-state index in [1.807, 2.05) is 0 Å². The summed E-state index contributed by atoms with van der Waals surface area (Å²) in [6.07, 6.45) is -3.62. The smallest absolute Gasteiger partial charge is 0.416 e. The standard InChI is InChI=1S/C93H113F3N18O21S2/c1-10-49(4)77(110-88(128)78(51(6)116)111-79(119)50(5)101-52(7)117)90(130)114-34-17-24-74(114)85(125)106-69(37-54-27-31-60(118)32-28-54)82(122)104-71(39-56-43-98-65-22-15-12-19-62(56)65)84(124)105-70(38-55-42-97-64-21-14-11-18-61(55)64)83(123)103-68(36-53-25-29-58(30-26-53)93(94,95)96)81(121)102-67(33-35-137(9,134)135)80(120)109-76(48(2)3)87(127)112-92(133)108-72(40-57-44-99-66-23-16-13-20-63(57)66)89(129)113(8)75(41-59-46-136-47-100-59)86(126)107-73(45-115)91(131)132/h11-16,18-23,25-32,42-44,46-51,67-78,97-99,115-116,118H,10,17,24,33-41,45H2,1-9H3,(H,101,117)(H,102,121)(H,103,123)(H,104,122)(H,105,124)(H,106,125)(H,107,126)(H,109,120)(H,110,128)(H,111,119)(H,131,132)(H2,108,112,127,133)/t49-,50-,51+,67-,68-,69+,70+,71+,72-,73-,74-,75-,76-,77-,78+/m0/s1. The Kier molecular flexibility index (Phi) is 36.3. The second-order valence-electron chi connectivity index (χ2n) is 34.4. The first-order valence-corrected chi connectivity index (χ1v) is 47.2. The number of aliphatic hydroxyl groups is 2. The molecule has 0 unspecified atom stereocenters. The third-order valence-corrected chi connectivity index (χ3v) is 25.3. The molecule has 1 fully saturated rings. The average molecular weight is 1940 g/mol. The fourth-order valence-electron chi connectivity index (χ4n) is 15.9. The minimum absolute atomic E-state index is 0.0285. The number of likely N-dealkylation sites (tertiary alicyclic amines) is 1. The molecule has 0 radical (unpaired) electrons. The number of carboxylic acid groups (broad SMARTS) is 1. The van der Waals surface area contributed by atoms with Crippen molar-refractivity contribution in [2.75, 3.05) is 32.2 Å². The number of likely N-dealkylation sites (N-methyl/N-ethyl adjacent to an activating group) is 1. The van der Waals surface area contributed by atoms with Crippen molar-refractivity contribution in [1.29, 1.82) is 0 Å². The quantitative estimate of drug-likeness (QED) is 0.0261. The van der Waals surface area contributed by atoms with E-state index in [0.717, 1.165) is 34.6 Å². The lowest BCUT2D eigenvalue weighted by molar-refractivity contribution is -0.145.